The summed E-state index contributed by atoms with van der Waals surface area (Å²) in [6, 6.07) is 13.8. The Morgan fingerprint density at radius 2 is 1.85 bits per heavy atom. The lowest BCUT2D eigenvalue weighted by Gasteiger charge is -2.09. The summed E-state index contributed by atoms with van der Waals surface area (Å²) >= 11 is 0. The highest BCUT2D eigenvalue weighted by molar-refractivity contribution is 5.59. The zero-order chi connectivity index (χ0) is 14.1. The second-order valence-electron chi connectivity index (χ2n) is 5.03. The van der Waals surface area contributed by atoms with Crippen LogP contribution in [0.4, 0.5) is 17.5 Å². The van der Waals surface area contributed by atoms with Gasteiger partial charge in [-0.2, -0.15) is 9.50 Å². The van der Waals surface area contributed by atoms with E-state index in [9.17, 15) is 0 Å². The van der Waals surface area contributed by atoms with E-state index >= 15 is 0 Å². The number of benzene rings is 1. The number of rotatable bonds is 3. The molecule has 0 aliphatic carbocycles. The largest absolute Gasteiger partial charge is 0.383 e. The van der Waals surface area contributed by atoms with E-state index in [4.69, 9.17) is 5.73 Å². The molecule has 3 N–H and O–H groups in total. The molecule has 3 rings (SSSR count). The Morgan fingerprint density at radius 3 is 2.55 bits per heavy atom. The average Bonchev–Trinajstić information content (AvgIpc) is 2.83. The number of anilines is 3. The number of nitrogen functional groups attached to an aromatic ring is 1. The molecule has 0 spiro atoms. The normalized spacial score (nSPS) is 11.2. The maximum Gasteiger partial charge on any atom is 0.247 e. The monoisotopic (exact) mass is 267 g/mol. The number of pyridine rings is 1. The number of aromatic nitrogens is 3. The summed E-state index contributed by atoms with van der Waals surface area (Å²) in [6.45, 7) is 4.22. The van der Waals surface area contributed by atoms with Crippen LogP contribution in [-0.2, 0) is 0 Å². The molecule has 2 aromatic heterocycles. The molecule has 0 amide bonds. The number of hydrogen-bond donors (Lipinski definition) is 2. The molecule has 2 heterocycles. The Morgan fingerprint density at radius 1 is 1.10 bits per heavy atom. The van der Waals surface area contributed by atoms with Gasteiger partial charge in [0.2, 0.25) is 5.95 Å². The van der Waals surface area contributed by atoms with Crippen molar-refractivity contribution in [3.05, 3.63) is 48.0 Å². The fourth-order valence-corrected chi connectivity index (χ4v) is 2.17. The van der Waals surface area contributed by atoms with Crippen LogP contribution >= 0.6 is 0 Å². The molecule has 3 aromatic rings. The van der Waals surface area contributed by atoms with Crippen molar-refractivity contribution in [1.82, 2.24) is 14.6 Å². The number of nitrogens with zero attached hydrogens (tertiary/aromatic N) is 3. The van der Waals surface area contributed by atoms with Crippen molar-refractivity contribution in [2.45, 2.75) is 19.8 Å². The molecule has 5 heteroatoms. The third-order valence-corrected chi connectivity index (χ3v) is 3.22. The summed E-state index contributed by atoms with van der Waals surface area (Å²) in [5.74, 6) is 1.55. The molecule has 1 aromatic carbocycles. The van der Waals surface area contributed by atoms with Gasteiger partial charge in [-0.3, -0.25) is 0 Å². The highest BCUT2D eigenvalue weighted by Crippen LogP contribution is 2.23. The van der Waals surface area contributed by atoms with Gasteiger partial charge in [-0.1, -0.05) is 38.1 Å². The van der Waals surface area contributed by atoms with Gasteiger partial charge < -0.3 is 11.1 Å². The smallest absolute Gasteiger partial charge is 0.247 e. The minimum absolute atomic E-state index is 0.356. The fourth-order valence-electron chi connectivity index (χ4n) is 2.17. The van der Waals surface area contributed by atoms with Crippen LogP contribution < -0.4 is 11.1 Å². The van der Waals surface area contributed by atoms with Crippen molar-refractivity contribution in [3.63, 3.8) is 0 Å². The van der Waals surface area contributed by atoms with E-state index in [1.807, 2.05) is 42.5 Å². The molecule has 20 heavy (non-hydrogen) atoms. The second kappa shape index (κ2) is 4.85. The van der Waals surface area contributed by atoms with Crippen LogP contribution in [0.1, 0.15) is 25.3 Å². The Kier molecular flexibility index (Phi) is 3.02. The lowest BCUT2D eigenvalue weighted by molar-refractivity contribution is 0.845. The Hall–Kier alpha value is -2.56. The van der Waals surface area contributed by atoms with E-state index in [0.29, 0.717) is 17.7 Å². The standard InChI is InChI=1S/C15H17N5/c1-10(2)12-8-9-13-18-15(19-20(13)14(12)16)17-11-6-4-3-5-7-11/h3-10H,16H2,1-2H3,(H,17,19). The highest BCUT2D eigenvalue weighted by atomic mass is 15.4. The first-order chi connectivity index (χ1) is 9.65. The molecule has 102 valence electrons. The van der Waals surface area contributed by atoms with E-state index in [1.54, 1.807) is 4.52 Å². The number of para-hydroxylation sites is 1. The van der Waals surface area contributed by atoms with E-state index in [-0.39, 0.29) is 0 Å². The first-order valence-corrected chi connectivity index (χ1v) is 6.62. The van der Waals surface area contributed by atoms with Crippen LogP contribution in [0, 0.1) is 0 Å². The molecule has 0 aliphatic rings. The van der Waals surface area contributed by atoms with Gasteiger partial charge in [-0.25, -0.2) is 0 Å². The predicted octanol–water partition coefficient (Wildman–Crippen LogP) is 3.18. The topological polar surface area (TPSA) is 68.2 Å². The summed E-state index contributed by atoms with van der Waals surface area (Å²) in [5.41, 5.74) is 8.93. The van der Waals surface area contributed by atoms with Gasteiger partial charge in [0.05, 0.1) is 0 Å². The van der Waals surface area contributed by atoms with Crippen LogP contribution in [0.15, 0.2) is 42.5 Å². The van der Waals surface area contributed by atoms with Crippen molar-refractivity contribution in [3.8, 4) is 0 Å². The van der Waals surface area contributed by atoms with Gasteiger partial charge in [0.1, 0.15) is 5.82 Å². The van der Waals surface area contributed by atoms with Gasteiger partial charge in [0.25, 0.3) is 0 Å². The zero-order valence-corrected chi connectivity index (χ0v) is 11.5. The quantitative estimate of drug-likeness (QED) is 0.764. The molecule has 0 saturated heterocycles. The number of nitrogens with two attached hydrogens (primary N) is 1. The molecule has 0 aliphatic heterocycles. The van der Waals surface area contributed by atoms with Gasteiger partial charge in [0.15, 0.2) is 5.65 Å². The zero-order valence-electron chi connectivity index (χ0n) is 11.5. The third kappa shape index (κ3) is 2.18. The summed E-state index contributed by atoms with van der Waals surface area (Å²) in [4.78, 5) is 4.43. The second-order valence-corrected chi connectivity index (χ2v) is 5.03. The van der Waals surface area contributed by atoms with E-state index in [1.165, 1.54) is 0 Å². The maximum absolute atomic E-state index is 6.16. The molecule has 0 radical (unpaired) electrons. The summed E-state index contributed by atoms with van der Waals surface area (Å²) in [7, 11) is 0. The molecule has 0 unspecified atom stereocenters. The van der Waals surface area contributed by atoms with Crippen LogP contribution in [0.5, 0.6) is 0 Å². The number of nitrogens with one attached hydrogen (secondary N) is 1. The molecule has 0 atom stereocenters. The van der Waals surface area contributed by atoms with Gasteiger partial charge in [-0.05, 0) is 29.7 Å². The Labute approximate surface area is 117 Å². The van der Waals surface area contributed by atoms with Crippen LogP contribution in [0.3, 0.4) is 0 Å². The first kappa shape index (κ1) is 12.5. The maximum atomic E-state index is 6.16. The fraction of sp³-hybridized carbons (Fsp3) is 0.200. The number of fused-ring (bicyclic) bond motifs is 1. The van der Waals surface area contributed by atoms with E-state index in [2.05, 4.69) is 29.2 Å². The molecule has 0 fully saturated rings. The van der Waals surface area contributed by atoms with Crippen LogP contribution in [0.2, 0.25) is 0 Å². The summed E-state index contributed by atoms with van der Waals surface area (Å²) < 4.78 is 1.68. The minimum atomic E-state index is 0.356. The van der Waals surface area contributed by atoms with Crippen molar-refractivity contribution in [2.24, 2.45) is 0 Å². The van der Waals surface area contributed by atoms with Crippen LogP contribution in [0.25, 0.3) is 5.65 Å². The minimum Gasteiger partial charge on any atom is -0.383 e. The highest BCUT2D eigenvalue weighted by Gasteiger charge is 2.11. The summed E-state index contributed by atoms with van der Waals surface area (Å²) in [5, 5.41) is 7.59. The van der Waals surface area contributed by atoms with Gasteiger partial charge in [0, 0.05) is 5.69 Å². The van der Waals surface area contributed by atoms with Crippen LogP contribution in [-0.4, -0.2) is 14.6 Å². The molecular weight excluding hydrogens is 250 g/mol. The average molecular weight is 267 g/mol. The van der Waals surface area contributed by atoms with Crippen molar-refractivity contribution >= 4 is 23.1 Å². The third-order valence-electron chi connectivity index (χ3n) is 3.22. The Bertz CT molecular complexity index is 731. The van der Waals surface area contributed by atoms with E-state index < -0.39 is 0 Å². The molecule has 0 saturated carbocycles. The lowest BCUT2D eigenvalue weighted by atomic mass is 10.0. The first-order valence-electron chi connectivity index (χ1n) is 6.62. The number of hydrogen-bond acceptors (Lipinski definition) is 4. The SMILES string of the molecule is CC(C)c1ccc2nc(Nc3ccccc3)nn2c1N. The van der Waals surface area contributed by atoms with Gasteiger partial charge >= 0.3 is 0 Å². The van der Waals surface area contributed by atoms with Crippen molar-refractivity contribution in [1.29, 1.82) is 0 Å². The molecule has 5 nitrogen and oxygen atoms in total. The Balaban J connectivity index is 2.01. The summed E-state index contributed by atoms with van der Waals surface area (Å²) in [6.07, 6.45) is 0. The lowest BCUT2D eigenvalue weighted by Crippen LogP contribution is -2.04. The molecule has 0 bridgehead atoms. The predicted molar refractivity (Wildman–Crippen MR) is 81.2 cm³/mol. The molecular formula is C15H17N5. The van der Waals surface area contributed by atoms with Crippen molar-refractivity contribution in [2.75, 3.05) is 11.1 Å². The van der Waals surface area contributed by atoms with E-state index in [0.717, 1.165) is 16.9 Å². The van der Waals surface area contributed by atoms with Crippen molar-refractivity contribution < 1.29 is 0 Å². The van der Waals surface area contributed by atoms with Gasteiger partial charge in [-0.15, -0.1) is 5.10 Å².